The van der Waals surface area contributed by atoms with Crippen molar-refractivity contribution in [2.24, 2.45) is 5.10 Å². The summed E-state index contributed by atoms with van der Waals surface area (Å²) in [6.45, 7) is -0.280. The van der Waals surface area contributed by atoms with Gasteiger partial charge in [0.05, 0.1) is 29.1 Å². The molecule has 0 saturated heterocycles. The SMILES string of the molecule is COc1ccc(NC(=O)C(=O)N/N=C\c2ccc(OCC(=O)Nc3ccccc3Cl)c(Cl)c2)cc1. The molecule has 0 aliphatic rings. The number of hydrazone groups is 1. The van der Waals surface area contributed by atoms with Gasteiger partial charge in [0, 0.05) is 5.69 Å². The molecule has 0 spiro atoms. The fourth-order valence-corrected chi connectivity index (χ4v) is 3.11. The molecular formula is C24H20Cl2N4O5. The molecule has 35 heavy (non-hydrogen) atoms. The van der Waals surface area contributed by atoms with Crippen LogP contribution in [0.15, 0.2) is 71.8 Å². The zero-order valence-corrected chi connectivity index (χ0v) is 19.9. The van der Waals surface area contributed by atoms with Crippen molar-refractivity contribution in [2.75, 3.05) is 24.4 Å². The van der Waals surface area contributed by atoms with Gasteiger partial charge in [0.1, 0.15) is 11.5 Å². The van der Waals surface area contributed by atoms with Crippen molar-refractivity contribution in [1.29, 1.82) is 0 Å². The van der Waals surface area contributed by atoms with Crippen molar-refractivity contribution in [3.63, 3.8) is 0 Å². The highest BCUT2D eigenvalue weighted by molar-refractivity contribution is 6.39. The van der Waals surface area contributed by atoms with Crippen LogP contribution in [0.4, 0.5) is 11.4 Å². The van der Waals surface area contributed by atoms with Crippen LogP contribution >= 0.6 is 23.2 Å². The number of halogens is 2. The molecule has 0 aliphatic carbocycles. The quantitative estimate of drug-likeness (QED) is 0.237. The summed E-state index contributed by atoms with van der Waals surface area (Å²) in [5.41, 5.74) is 3.56. The van der Waals surface area contributed by atoms with Crippen molar-refractivity contribution < 1.29 is 23.9 Å². The highest BCUT2D eigenvalue weighted by Crippen LogP contribution is 2.25. The summed E-state index contributed by atoms with van der Waals surface area (Å²) < 4.78 is 10.5. The lowest BCUT2D eigenvalue weighted by Gasteiger charge is -2.10. The fraction of sp³-hybridized carbons (Fsp3) is 0.0833. The summed E-state index contributed by atoms with van der Waals surface area (Å²) in [6.07, 6.45) is 1.30. The van der Waals surface area contributed by atoms with Gasteiger partial charge in [0.15, 0.2) is 6.61 Å². The lowest BCUT2D eigenvalue weighted by Crippen LogP contribution is -2.32. The summed E-state index contributed by atoms with van der Waals surface area (Å²) in [6, 6.07) is 18.0. The topological polar surface area (TPSA) is 118 Å². The number of methoxy groups -OCH3 is 1. The van der Waals surface area contributed by atoms with E-state index in [2.05, 4.69) is 21.2 Å². The van der Waals surface area contributed by atoms with Crippen LogP contribution in [0, 0.1) is 0 Å². The first-order chi connectivity index (χ1) is 16.9. The number of benzene rings is 3. The number of ether oxygens (including phenoxy) is 2. The minimum Gasteiger partial charge on any atom is -0.497 e. The molecule has 180 valence electrons. The maximum Gasteiger partial charge on any atom is 0.329 e. The molecule has 0 bridgehead atoms. The van der Waals surface area contributed by atoms with Crippen LogP contribution in [0.1, 0.15) is 5.56 Å². The Bertz CT molecular complexity index is 1250. The highest BCUT2D eigenvalue weighted by atomic mass is 35.5. The lowest BCUT2D eigenvalue weighted by molar-refractivity contribution is -0.136. The van der Waals surface area contributed by atoms with E-state index in [9.17, 15) is 14.4 Å². The Kier molecular flexibility index (Phi) is 9.05. The minimum absolute atomic E-state index is 0.225. The minimum atomic E-state index is -0.951. The van der Waals surface area contributed by atoms with Gasteiger partial charge in [-0.25, -0.2) is 5.43 Å². The van der Waals surface area contributed by atoms with Gasteiger partial charge < -0.3 is 20.1 Å². The zero-order valence-electron chi connectivity index (χ0n) is 18.4. The van der Waals surface area contributed by atoms with Crippen molar-refractivity contribution in [1.82, 2.24) is 5.43 Å². The van der Waals surface area contributed by atoms with Gasteiger partial charge in [-0.15, -0.1) is 0 Å². The Morgan fingerprint density at radius 3 is 2.34 bits per heavy atom. The molecule has 3 rings (SSSR count). The summed E-state index contributed by atoms with van der Waals surface area (Å²) in [5, 5.41) is 9.47. The van der Waals surface area contributed by atoms with Crippen LogP contribution < -0.4 is 25.5 Å². The molecule has 0 aromatic heterocycles. The van der Waals surface area contributed by atoms with E-state index in [1.807, 2.05) is 0 Å². The molecular weight excluding hydrogens is 495 g/mol. The molecule has 0 fully saturated rings. The highest BCUT2D eigenvalue weighted by Gasteiger charge is 2.13. The standard InChI is InChI=1S/C24H20Cl2N4O5/c1-34-17-9-7-16(8-10-17)28-23(32)24(33)30-27-13-15-6-11-21(19(26)12-15)35-14-22(31)29-20-5-3-2-4-18(20)25/h2-13H,14H2,1H3,(H,28,32)(H,29,31)(H,30,33)/b27-13-. The van der Waals surface area contributed by atoms with E-state index in [0.29, 0.717) is 27.7 Å². The molecule has 3 N–H and O–H groups in total. The maximum atomic E-state index is 12.1. The molecule has 0 radical (unpaired) electrons. The first-order valence-electron chi connectivity index (χ1n) is 10.1. The third-order valence-corrected chi connectivity index (χ3v) is 5.02. The van der Waals surface area contributed by atoms with E-state index < -0.39 is 17.7 Å². The van der Waals surface area contributed by atoms with Gasteiger partial charge in [-0.1, -0.05) is 35.3 Å². The van der Waals surface area contributed by atoms with E-state index >= 15 is 0 Å². The van der Waals surface area contributed by atoms with Crippen LogP contribution in [-0.2, 0) is 14.4 Å². The van der Waals surface area contributed by atoms with Crippen molar-refractivity contribution in [2.45, 2.75) is 0 Å². The predicted octanol–water partition coefficient (Wildman–Crippen LogP) is 4.11. The van der Waals surface area contributed by atoms with E-state index in [-0.39, 0.29) is 17.4 Å². The fourth-order valence-electron chi connectivity index (χ4n) is 2.69. The Balaban J connectivity index is 1.48. The number of carbonyl (C=O) groups is 3. The second kappa shape index (κ2) is 12.4. The number of rotatable bonds is 8. The van der Waals surface area contributed by atoms with Gasteiger partial charge >= 0.3 is 11.8 Å². The third-order valence-electron chi connectivity index (χ3n) is 4.40. The van der Waals surface area contributed by atoms with Crippen molar-refractivity contribution in [3.05, 3.63) is 82.3 Å². The van der Waals surface area contributed by atoms with Gasteiger partial charge in [-0.3, -0.25) is 14.4 Å². The lowest BCUT2D eigenvalue weighted by atomic mass is 10.2. The normalized spacial score (nSPS) is 10.5. The zero-order chi connectivity index (χ0) is 25.2. The molecule has 3 aromatic rings. The van der Waals surface area contributed by atoms with E-state index in [4.69, 9.17) is 32.7 Å². The average Bonchev–Trinajstić information content (AvgIpc) is 2.85. The van der Waals surface area contributed by atoms with Gasteiger partial charge in [-0.2, -0.15) is 5.10 Å². The van der Waals surface area contributed by atoms with Crippen LogP contribution in [0.25, 0.3) is 0 Å². The van der Waals surface area contributed by atoms with E-state index in [0.717, 1.165) is 0 Å². The molecule has 3 amide bonds. The Hall–Kier alpha value is -4.08. The number of nitrogens with one attached hydrogen (secondary N) is 3. The Labute approximate surface area is 211 Å². The number of hydrogen-bond acceptors (Lipinski definition) is 6. The first kappa shape index (κ1) is 25.5. The summed E-state index contributed by atoms with van der Waals surface area (Å²) >= 11 is 12.2. The van der Waals surface area contributed by atoms with Gasteiger partial charge in [0.2, 0.25) is 0 Å². The van der Waals surface area contributed by atoms with Crippen LogP contribution in [0.5, 0.6) is 11.5 Å². The van der Waals surface area contributed by atoms with Crippen molar-refractivity contribution >= 4 is 58.5 Å². The molecule has 0 atom stereocenters. The van der Waals surface area contributed by atoms with Crippen LogP contribution in [0.2, 0.25) is 10.0 Å². The van der Waals surface area contributed by atoms with Crippen LogP contribution in [0.3, 0.4) is 0 Å². The molecule has 0 saturated carbocycles. The monoisotopic (exact) mass is 514 g/mol. The number of amides is 3. The molecule has 0 unspecified atom stereocenters. The number of nitrogens with zero attached hydrogens (tertiary/aromatic N) is 1. The molecule has 3 aromatic carbocycles. The average molecular weight is 515 g/mol. The summed E-state index contributed by atoms with van der Waals surface area (Å²) in [4.78, 5) is 36.0. The largest absolute Gasteiger partial charge is 0.497 e. The Morgan fingerprint density at radius 2 is 1.66 bits per heavy atom. The van der Waals surface area contributed by atoms with Crippen LogP contribution in [-0.4, -0.2) is 37.7 Å². The maximum absolute atomic E-state index is 12.1. The second-order valence-corrected chi connectivity index (χ2v) is 7.70. The van der Waals surface area contributed by atoms with Gasteiger partial charge in [-0.05, 0) is 60.2 Å². The summed E-state index contributed by atoms with van der Waals surface area (Å²) in [7, 11) is 1.52. The molecule has 9 nitrogen and oxygen atoms in total. The van der Waals surface area contributed by atoms with E-state index in [1.165, 1.54) is 19.4 Å². The Morgan fingerprint density at radius 1 is 0.914 bits per heavy atom. The van der Waals surface area contributed by atoms with Gasteiger partial charge in [0.25, 0.3) is 5.91 Å². The predicted molar refractivity (Wildman–Crippen MR) is 134 cm³/mol. The van der Waals surface area contributed by atoms with Crippen molar-refractivity contribution in [3.8, 4) is 11.5 Å². The second-order valence-electron chi connectivity index (χ2n) is 6.89. The van der Waals surface area contributed by atoms with E-state index in [1.54, 1.807) is 60.7 Å². The summed E-state index contributed by atoms with van der Waals surface area (Å²) in [5.74, 6) is -1.35. The molecule has 11 heteroatoms. The number of anilines is 2. The first-order valence-corrected chi connectivity index (χ1v) is 10.9. The molecule has 0 aliphatic heterocycles. The number of para-hydroxylation sites is 1. The smallest absolute Gasteiger partial charge is 0.329 e. The number of hydrogen-bond donors (Lipinski definition) is 3. The molecule has 0 heterocycles. The third kappa shape index (κ3) is 7.73. The number of carbonyl (C=O) groups excluding carboxylic acids is 3.